The molecule has 0 aliphatic carbocycles. The van der Waals surface area contributed by atoms with Gasteiger partial charge in [0.05, 0.1) is 0 Å². The summed E-state index contributed by atoms with van der Waals surface area (Å²) in [5.74, 6) is 0.00873. The van der Waals surface area contributed by atoms with Crippen LogP contribution in [0, 0.1) is 5.82 Å². The van der Waals surface area contributed by atoms with E-state index in [9.17, 15) is 4.39 Å². The molecule has 1 unspecified atom stereocenters. The van der Waals surface area contributed by atoms with Crippen LogP contribution in [0.5, 0.6) is 0 Å². The minimum atomic E-state index is -0.224. The molecular formula is C15H12BrCl2F. The number of benzene rings is 2. The summed E-state index contributed by atoms with van der Waals surface area (Å²) in [4.78, 5) is 0. The molecule has 0 aliphatic heterocycles. The summed E-state index contributed by atoms with van der Waals surface area (Å²) in [7, 11) is 0. The summed E-state index contributed by atoms with van der Waals surface area (Å²) in [6, 6.07) is 12.0. The lowest BCUT2D eigenvalue weighted by Crippen LogP contribution is -2.05. The maximum absolute atomic E-state index is 12.9. The van der Waals surface area contributed by atoms with Crippen molar-refractivity contribution < 1.29 is 4.39 Å². The van der Waals surface area contributed by atoms with Crippen LogP contribution in [0.25, 0.3) is 0 Å². The van der Waals surface area contributed by atoms with Gasteiger partial charge in [0.15, 0.2) is 0 Å². The van der Waals surface area contributed by atoms with Gasteiger partial charge in [-0.1, -0.05) is 51.3 Å². The summed E-state index contributed by atoms with van der Waals surface area (Å²) in [6.07, 6.45) is 0.760. The molecule has 0 heterocycles. The summed E-state index contributed by atoms with van der Waals surface area (Å²) >= 11 is 15.7. The van der Waals surface area contributed by atoms with Gasteiger partial charge in [-0.15, -0.1) is 0 Å². The van der Waals surface area contributed by atoms with Crippen LogP contribution in [0.15, 0.2) is 42.5 Å². The highest BCUT2D eigenvalue weighted by atomic mass is 79.9. The summed E-state index contributed by atoms with van der Waals surface area (Å²) in [5.41, 5.74) is 2.08. The van der Waals surface area contributed by atoms with Crippen molar-refractivity contribution in [3.05, 3.63) is 69.5 Å². The molecule has 0 aromatic heterocycles. The van der Waals surface area contributed by atoms with Crippen LogP contribution >= 0.6 is 39.1 Å². The highest BCUT2D eigenvalue weighted by molar-refractivity contribution is 9.09. The molecule has 2 aromatic carbocycles. The smallest absolute Gasteiger partial charge is 0.123 e. The van der Waals surface area contributed by atoms with Crippen molar-refractivity contribution in [3.63, 3.8) is 0 Å². The Morgan fingerprint density at radius 2 is 1.74 bits per heavy atom. The van der Waals surface area contributed by atoms with Gasteiger partial charge in [0, 0.05) is 15.4 Å². The third-order valence-electron chi connectivity index (χ3n) is 3.00. The van der Waals surface area contributed by atoms with E-state index < -0.39 is 0 Å². The third kappa shape index (κ3) is 3.95. The van der Waals surface area contributed by atoms with Crippen molar-refractivity contribution in [3.8, 4) is 0 Å². The summed E-state index contributed by atoms with van der Waals surface area (Å²) < 4.78 is 12.9. The van der Waals surface area contributed by atoms with Gasteiger partial charge in [-0.25, -0.2) is 4.39 Å². The molecule has 0 aliphatic rings. The van der Waals surface area contributed by atoms with Gasteiger partial charge in [-0.3, -0.25) is 0 Å². The van der Waals surface area contributed by atoms with E-state index in [2.05, 4.69) is 15.9 Å². The molecule has 0 radical (unpaired) electrons. The Hall–Kier alpha value is -0.570. The van der Waals surface area contributed by atoms with Crippen molar-refractivity contribution in [2.45, 2.75) is 12.3 Å². The van der Waals surface area contributed by atoms with E-state index in [0.717, 1.165) is 22.9 Å². The molecule has 4 heteroatoms. The molecule has 0 nitrogen and oxygen atoms in total. The number of halogens is 4. The molecule has 0 fully saturated rings. The number of hydrogen-bond donors (Lipinski definition) is 0. The normalized spacial score (nSPS) is 12.4. The van der Waals surface area contributed by atoms with Crippen LogP contribution < -0.4 is 0 Å². The Balaban J connectivity index is 2.23. The average molecular weight is 362 g/mol. The largest absolute Gasteiger partial charge is 0.207 e. The number of rotatable bonds is 4. The van der Waals surface area contributed by atoms with Gasteiger partial charge in [0.1, 0.15) is 5.82 Å². The van der Waals surface area contributed by atoms with Crippen molar-refractivity contribution in [2.75, 3.05) is 5.33 Å². The highest BCUT2D eigenvalue weighted by Gasteiger charge is 2.13. The zero-order valence-corrected chi connectivity index (χ0v) is 13.1. The summed E-state index contributed by atoms with van der Waals surface area (Å²) in [6.45, 7) is 0. The SMILES string of the molecule is Fc1ccc(C(CBr)Cc2cc(Cl)ccc2Cl)cc1. The first-order chi connectivity index (χ1) is 9.10. The Labute approximate surface area is 130 Å². The standard InChI is InChI=1S/C15H12BrCl2F/c16-9-12(10-1-4-14(19)5-2-10)7-11-8-13(17)3-6-15(11)18/h1-6,8,12H,7,9H2. The molecule has 0 saturated heterocycles. The minimum Gasteiger partial charge on any atom is -0.207 e. The van der Waals surface area contributed by atoms with E-state index in [1.165, 1.54) is 12.1 Å². The van der Waals surface area contributed by atoms with Crippen LogP contribution in [0.1, 0.15) is 17.0 Å². The zero-order chi connectivity index (χ0) is 13.8. The molecule has 1 atom stereocenters. The summed E-state index contributed by atoms with van der Waals surface area (Å²) in [5, 5.41) is 2.16. The molecule has 2 rings (SSSR count). The first-order valence-corrected chi connectivity index (χ1v) is 7.73. The third-order valence-corrected chi connectivity index (χ3v) is 4.39. The molecule has 0 saturated carbocycles. The average Bonchev–Trinajstić information content (AvgIpc) is 2.41. The minimum absolute atomic E-state index is 0.224. The molecule has 19 heavy (non-hydrogen) atoms. The molecule has 100 valence electrons. The van der Waals surface area contributed by atoms with E-state index in [4.69, 9.17) is 23.2 Å². The predicted molar refractivity (Wildman–Crippen MR) is 83.1 cm³/mol. The second-order valence-corrected chi connectivity index (χ2v) is 5.83. The predicted octanol–water partition coefficient (Wildman–Crippen LogP) is 5.85. The molecular weight excluding hydrogens is 350 g/mol. The van der Waals surface area contributed by atoms with Crippen LogP contribution in [-0.4, -0.2) is 5.33 Å². The van der Waals surface area contributed by atoms with Crippen molar-refractivity contribution in [2.24, 2.45) is 0 Å². The topological polar surface area (TPSA) is 0 Å². The van der Waals surface area contributed by atoms with E-state index in [0.29, 0.717) is 10.0 Å². The van der Waals surface area contributed by atoms with Crippen LogP contribution in [0.2, 0.25) is 10.0 Å². The Bertz CT molecular complexity index is 555. The fraction of sp³-hybridized carbons (Fsp3) is 0.200. The van der Waals surface area contributed by atoms with E-state index in [1.807, 2.05) is 6.07 Å². The van der Waals surface area contributed by atoms with Crippen molar-refractivity contribution >= 4 is 39.1 Å². The number of alkyl halides is 1. The lowest BCUT2D eigenvalue weighted by Gasteiger charge is -2.16. The molecule has 0 amide bonds. The lowest BCUT2D eigenvalue weighted by molar-refractivity contribution is 0.625. The zero-order valence-electron chi connectivity index (χ0n) is 10.0. The first-order valence-electron chi connectivity index (χ1n) is 5.85. The van der Waals surface area contributed by atoms with Gasteiger partial charge in [0.2, 0.25) is 0 Å². The van der Waals surface area contributed by atoms with E-state index in [-0.39, 0.29) is 11.7 Å². The van der Waals surface area contributed by atoms with Gasteiger partial charge in [0.25, 0.3) is 0 Å². The van der Waals surface area contributed by atoms with Crippen LogP contribution in [0.3, 0.4) is 0 Å². The molecule has 0 N–H and O–H groups in total. The van der Waals surface area contributed by atoms with E-state index >= 15 is 0 Å². The fourth-order valence-electron chi connectivity index (χ4n) is 1.96. The Morgan fingerprint density at radius 3 is 2.37 bits per heavy atom. The molecule has 0 spiro atoms. The monoisotopic (exact) mass is 360 g/mol. The molecule has 0 bridgehead atoms. The Kier molecular flexibility index (Phi) is 5.26. The highest BCUT2D eigenvalue weighted by Crippen LogP contribution is 2.28. The molecule has 2 aromatic rings. The second kappa shape index (κ2) is 6.74. The maximum Gasteiger partial charge on any atom is 0.123 e. The lowest BCUT2D eigenvalue weighted by atomic mass is 9.94. The van der Waals surface area contributed by atoms with Crippen molar-refractivity contribution in [1.29, 1.82) is 0 Å². The van der Waals surface area contributed by atoms with E-state index in [1.54, 1.807) is 24.3 Å². The van der Waals surface area contributed by atoms with Crippen LogP contribution in [0.4, 0.5) is 4.39 Å². The Morgan fingerprint density at radius 1 is 1.05 bits per heavy atom. The maximum atomic E-state index is 12.9. The van der Waals surface area contributed by atoms with Gasteiger partial charge in [-0.05, 0) is 53.8 Å². The second-order valence-electron chi connectivity index (χ2n) is 4.34. The fourth-order valence-corrected chi connectivity index (χ4v) is 2.95. The first kappa shape index (κ1) is 14.8. The van der Waals surface area contributed by atoms with Crippen LogP contribution in [-0.2, 0) is 6.42 Å². The number of hydrogen-bond acceptors (Lipinski definition) is 0. The van der Waals surface area contributed by atoms with Gasteiger partial charge in [-0.2, -0.15) is 0 Å². The quantitative estimate of drug-likeness (QED) is 0.599. The van der Waals surface area contributed by atoms with Crippen molar-refractivity contribution in [1.82, 2.24) is 0 Å². The van der Waals surface area contributed by atoms with Gasteiger partial charge >= 0.3 is 0 Å². The van der Waals surface area contributed by atoms with Gasteiger partial charge < -0.3 is 0 Å².